The summed E-state index contributed by atoms with van der Waals surface area (Å²) in [4.78, 5) is 18.4. The Balaban J connectivity index is 1.93. The lowest BCUT2D eigenvalue weighted by atomic mass is 10.2. The first-order valence-corrected chi connectivity index (χ1v) is 7.08. The number of rotatable bonds is 7. The normalized spacial score (nSPS) is 14.9. The van der Waals surface area contributed by atoms with Crippen LogP contribution >= 0.6 is 0 Å². The summed E-state index contributed by atoms with van der Waals surface area (Å²) < 4.78 is 1.82. The molecule has 1 saturated carbocycles. The van der Waals surface area contributed by atoms with Crippen LogP contribution in [-0.4, -0.2) is 36.2 Å². The molecule has 0 aromatic carbocycles. The molecular formula is C14H24N4O. The van der Waals surface area contributed by atoms with E-state index >= 15 is 0 Å². The molecule has 106 valence electrons. The van der Waals surface area contributed by atoms with Crippen molar-refractivity contribution in [2.75, 3.05) is 31.6 Å². The molecule has 0 spiro atoms. The van der Waals surface area contributed by atoms with Gasteiger partial charge in [0.2, 0.25) is 0 Å². The van der Waals surface area contributed by atoms with Crippen LogP contribution in [0.25, 0.3) is 0 Å². The molecule has 0 amide bonds. The molecule has 0 saturated heterocycles. The third-order valence-corrected chi connectivity index (χ3v) is 3.33. The molecule has 0 radical (unpaired) electrons. The average molecular weight is 264 g/mol. The summed E-state index contributed by atoms with van der Waals surface area (Å²) in [6.45, 7) is 7.04. The third kappa shape index (κ3) is 3.80. The standard InChI is InChI=1S/C14H24N4O/c1-11(2)10-15-6-8-17(3)13-14(19)18(9-7-16-13)12-4-5-12/h7,9,11-12,15H,4-6,8,10H2,1-3H3. The quantitative estimate of drug-likeness (QED) is 0.753. The zero-order chi connectivity index (χ0) is 13.8. The minimum absolute atomic E-state index is 0.0383. The van der Waals surface area contributed by atoms with Crippen LogP contribution in [0.15, 0.2) is 17.2 Å². The third-order valence-electron chi connectivity index (χ3n) is 3.33. The van der Waals surface area contributed by atoms with E-state index in [1.165, 1.54) is 0 Å². The summed E-state index contributed by atoms with van der Waals surface area (Å²) in [5, 5.41) is 3.38. The van der Waals surface area contributed by atoms with Crippen LogP contribution in [0, 0.1) is 5.92 Å². The van der Waals surface area contributed by atoms with E-state index in [1.54, 1.807) is 12.4 Å². The molecule has 1 aromatic heterocycles. The van der Waals surface area contributed by atoms with E-state index in [9.17, 15) is 4.79 Å². The molecule has 5 nitrogen and oxygen atoms in total. The maximum Gasteiger partial charge on any atom is 0.293 e. The van der Waals surface area contributed by atoms with Crippen molar-refractivity contribution in [3.63, 3.8) is 0 Å². The van der Waals surface area contributed by atoms with Gasteiger partial charge in [0.15, 0.2) is 5.82 Å². The molecule has 0 bridgehead atoms. The summed E-state index contributed by atoms with van der Waals surface area (Å²) in [7, 11) is 1.93. The monoisotopic (exact) mass is 264 g/mol. The van der Waals surface area contributed by atoms with Crippen LogP contribution < -0.4 is 15.8 Å². The van der Waals surface area contributed by atoms with E-state index in [4.69, 9.17) is 0 Å². The molecule has 0 atom stereocenters. The SMILES string of the molecule is CC(C)CNCCN(C)c1nccn(C2CC2)c1=O. The molecule has 19 heavy (non-hydrogen) atoms. The summed E-state index contributed by atoms with van der Waals surface area (Å²) >= 11 is 0. The first-order valence-electron chi connectivity index (χ1n) is 7.08. The zero-order valence-corrected chi connectivity index (χ0v) is 12.1. The van der Waals surface area contributed by atoms with E-state index in [-0.39, 0.29) is 5.56 Å². The second-order valence-electron chi connectivity index (χ2n) is 5.71. The van der Waals surface area contributed by atoms with E-state index in [0.29, 0.717) is 17.8 Å². The number of aromatic nitrogens is 2. The van der Waals surface area contributed by atoms with Gasteiger partial charge in [0.1, 0.15) is 0 Å². The van der Waals surface area contributed by atoms with Gasteiger partial charge in [0.25, 0.3) is 5.56 Å². The number of nitrogens with zero attached hydrogens (tertiary/aromatic N) is 3. The lowest BCUT2D eigenvalue weighted by Crippen LogP contribution is -2.35. The Bertz CT molecular complexity index is 465. The molecule has 1 fully saturated rings. The van der Waals surface area contributed by atoms with E-state index < -0.39 is 0 Å². The van der Waals surface area contributed by atoms with Gasteiger partial charge in [0, 0.05) is 38.6 Å². The second-order valence-corrected chi connectivity index (χ2v) is 5.71. The van der Waals surface area contributed by atoms with Crippen LogP contribution in [0.1, 0.15) is 32.7 Å². The lowest BCUT2D eigenvalue weighted by Gasteiger charge is -2.19. The number of hydrogen-bond acceptors (Lipinski definition) is 4. The van der Waals surface area contributed by atoms with Crippen molar-refractivity contribution in [3.8, 4) is 0 Å². The minimum atomic E-state index is 0.0383. The lowest BCUT2D eigenvalue weighted by molar-refractivity contribution is 0.553. The number of anilines is 1. The first kappa shape index (κ1) is 14.1. The number of nitrogens with one attached hydrogen (secondary N) is 1. The van der Waals surface area contributed by atoms with Crippen molar-refractivity contribution in [1.82, 2.24) is 14.9 Å². The predicted molar refractivity (Wildman–Crippen MR) is 77.7 cm³/mol. The molecule has 0 unspecified atom stereocenters. The van der Waals surface area contributed by atoms with Crippen LogP contribution in [0.4, 0.5) is 5.82 Å². The van der Waals surface area contributed by atoms with Gasteiger partial charge >= 0.3 is 0 Å². The van der Waals surface area contributed by atoms with Gasteiger partial charge in [-0.2, -0.15) is 0 Å². The van der Waals surface area contributed by atoms with E-state index in [1.807, 2.05) is 16.5 Å². The van der Waals surface area contributed by atoms with Gasteiger partial charge < -0.3 is 14.8 Å². The summed E-state index contributed by atoms with van der Waals surface area (Å²) in [5.74, 6) is 1.20. The fourth-order valence-corrected chi connectivity index (χ4v) is 2.06. The van der Waals surface area contributed by atoms with E-state index in [0.717, 1.165) is 32.5 Å². The smallest absolute Gasteiger partial charge is 0.293 e. The summed E-state index contributed by atoms with van der Waals surface area (Å²) in [6, 6.07) is 0.404. The highest BCUT2D eigenvalue weighted by atomic mass is 16.1. The summed E-state index contributed by atoms with van der Waals surface area (Å²) in [5.41, 5.74) is 0.0383. The molecule has 5 heteroatoms. The Morgan fingerprint density at radius 1 is 1.53 bits per heavy atom. The average Bonchev–Trinajstić information content (AvgIpc) is 3.18. The van der Waals surface area contributed by atoms with Crippen LogP contribution in [0.5, 0.6) is 0 Å². The van der Waals surface area contributed by atoms with E-state index in [2.05, 4.69) is 24.1 Å². The van der Waals surface area contributed by atoms with Crippen molar-refractivity contribution >= 4 is 5.82 Å². The fourth-order valence-electron chi connectivity index (χ4n) is 2.06. The van der Waals surface area contributed by atoms with Crippen molar-refractivity contribution in [1.29, 1.82) is 0 Å². The molecule has 0 aliphatic heterocycles. The maximum atomic E-state index is 12.3. The Kier molecular flexibility index (Phi) is 4.58. The van der Waals surface area contributed by atoms with Gasteiger partial charge in [-0.1, -0.05) is 13.8 Å². The molecule has 1 heterocycles. The highest BCUT2D eigenvalue weighted by Gasteiger charge is 2.25. The molecular weight excluding hydrogens is 240 g/mol. The van der Waals surface area contributed by atoms with Crippen LogP contribution in [0.2, 0.25) is 0 Å². The first-order chi connectivity index (χ1) is 9.09. The summed E-state index contributed by atoms with van der Waals surface area (Å²) in [6.07, 6.45) is 5.76. The van der Waals surface area contributed by atoms with Gasteiger partial charge in [-0.15, -0.1) is 0 Å². The number of hydrogen-bond donors (Lipinski definition) is 1. The van der Waals surface area contributed by atoms with Gasteiger partial charge in [-0.3, -0.25) is 4.79 Å². The topological polar surface area (TPSA) is 50.2 Å². The molecule has 1 N–H and O–H groups in total. The van der Waals surface area contributed by atoms with Crippen molar-refractivity contribution < 1.29 is 0 Å². The van der Waals surface area contributed by atoms with Crippen molar-refractivity contribution in [3.05, 3.63) is 22.7 Å². The highest BCUT2D eigenvalue weighted by Crippen LogP contribution is 2.33. The van der Waals surface area contributed by atoms with Crippen LogP contribution in [0.3, 0.4) is 0 Å². The van der Waals surface area contributed by atoms with Gasteiger partial charge in [0.05, 0.1) is 0 Å². The zero-order valence-electron chi connectivity index (χ0n) is 12.1. The highest BCUT2D eigenvalue weighted by molar-refractivity contribution is 5.34. The van der Waals surface area contributed by atoms with Crippen molar-refractivity contribution in [2.24, 2.45) is 5.92 Å². The fraction of sp³-hybridized carbons (Fsp3) is 0.714. The maximum absolute atomic E-state index is 12.3. The van der Waals surface area contributed by atoms with Crippen molar-refractivity contribution in [2.45, 2.75) is 32.7 Å². The Morgan fingerprint density at radius 2 is 2.26 bits per heavy atom. The van der Waals surface area contributed by atoms with Gasteiger partial charge in [-0.05, 0) is 25.3 Å². The molecule has 1 aliphatic rings. The largest absolute Gasteiger partial charge is 0.354 e. The Hall–Kier alpha value is -1.36. The number of likely N-dealkylation sites (N-methyl/N-ethyl adjacent to an activating group) is 1. The Morgan fingerprint density at radius 3 is 2.89 bits per heavy atom. The van der Waals surface area contributed by atoms with Crippen LogP contribution in [-0.2, 0) is 0 Å². The Labute approximate surface area is 114 Å². The molecule has 2 rings (SSSR count). The molecule has 1 aliphatic carbocycles. The minimum Gasteiger partial charge on any atom is -0.354 e. The molecule has 1 aromatic rings. The predicted octanol–water partition coefficient (Wildman–Crippen LogP) is 1.26. The van der Waals surface area contributed by atoms with Gasteiger partial charge in [-0.25, -0.2) is 4.98 Å². The second kappa shape index (κ2) is 6.19.